The fraction of sp³-hybridized carbons (Fsp3) is 0.143. The van der Waals surface area contributed by atoms with E-state index in [4.69, 9.17) is 0 Å². The molecular weight excluding hydrogens is 340 g/mol. The molecule has 0 heterocycles. The van der Waals surface area contributed by atoms with Gasteiger partial charge >= 0.3 is 0 Å². The summed E-state index contributed by atoms with van der Waals surface area (Å²) in [6.07, 6.45) is 0. The van der Waals surface area contributed by atoms with E-state index in [1.165, 1.54) is 0 Å². The Hall–Kier alpha value is -1.53. The molecule has 2 rings (SSSR count). The summed E-state index contributed by atoms with van der Waals surface area (Å²) < 4.78 is 27.8. The second kappa shape index (κ2) is 5.85. The molecule has 4 nitrogen and oxygen atoms in total. The van der Waals surface area contributed by atoms with E-state index in [1.807, 2.05) is 26.1 Å². The zero-order chi connectivity index (χ0) is 14.8. The predicted octanol–water partition coefficient (Wildman–Crippen LogP) is 3.60. The van der Waals surface area contributed by atoms with Crippen LogP contribution in [0.5, 0.6) is 0 Å². The summed E-state index contributed by atoms with van der Waals surface area (Å²) >= 11 is 3.29. The van der Waals surface area contributed by atoms with Gasteiger partial charge < -0.3 is 5.32 Å². The first-order valence-electron chi connectivity index (χ1n) is 5.99. The van der Waals surface area contributed by atoms with Gasteiger partial charge in [0.1, 0.15) is 4.90 Å². The molecule has 6 heteroatoms. The highest BCUT2D eigenvalue weighted by molar-refractivity contribution is 9.10. The molecule has 0 aliphatic heterocycles. The molecule has 0 spiro atoms. The monoisotopic (exact) mass is 354 g/mol. The first-order chi connectivity index (χ1) is 9.42. The van der Waals surface area contributed by atoms with Gasteiger partial charge in [0.25, 0.3) is 10.0 Å². The number of hydrogen-bond acceptors (Lipinski definition) is 3. The lowest BCUT2D eigenvalue weighted by Gasteiger charge is -2.10. The van der Waals surface area contributed by atoms with Gasteiger partial charge in [-0.25, -0.2) is 8.42 Å². The summed E-state index contributed by atoms with van der Waals surface area (Å²) in [5, 5.41) is 2.98. The van der Waals surface area contributed by atoms with Crippen molar-refractivity contribution in [1.29, 1.82) is 0 Å². The summed E-state index contributed by atoms with van der Waals surface area (Å²) in [5.41, 5.74) is 2.44. The van der Waals surface area contributed by atoms with Crippen LogP contribution in [-0.2, 0) is 10.0 Å². The molecule has 20 heavy (non-hydrogen) atoms. The number of benzene rings is 2. The highest BCUT2D eigenvalue weighted by Crippen LogP contribution is 2.25. The van der Waals surface area contributed by atoms with Crippen molar-refractivity contribution in [3.05, 3.63) is 52.5 Å². The van der Waals surface area contributed by atoms with Gasteiger partial charge in [0, 0.05) is 22.9 Å². The molecule has 0 unspecified atom stereocenters. The largest absolute Gasteiger partial charge is 0.388 e. The second-order valence-electron chi connectivity index (χ2n) is 4.37. The molecule has 0 fully saturated rings. The molecule has 0 aliphatic carbocycles. The molecule has 0 amide bonds. The highest BCUT2D eigenvalue weighted by atomic mass is 79.9. The molecule has 2 N–H and O–H groups in total. The zero-order valence-electron chi connectivity index (χ0n) is 11.1. The third-order valence-electron chi connectivity index (χ3n) is 2.80. The van der Waals surface area contributed by atoms with Gasteiger partial charge in [-0.2, -0.15) is 0 Å². The Kier molecular flexibility index (Phi) is 4.35. The van der Waals surface area contributed by atoms with Crippen molar-refractivity contribution in [1.82, 2.24) is 0 Å². The average molecular weight is 355 g/mol. The normalized spacial score (nSPS) is 11.2. The van der Waals surface area contributed by atoms with Crippen molar-refractivity contribution in [2.75, 3.05) is 17.1 Å². The quantitative estimate of drug-likeness (QED) is 0.881. The van der Waals surface area contributed by atoms with Crippen molar-refractivity contribution in [2.45, 2.75) is 11.8 Å². The third kappa shape index (κ3) is 3.32. The topological polar surface area (TPSA) is 58.2 Å². The van der Waals surface area contributed by atoms with Crippen LogP contribution in [0.25, 0.3) is 0 Å². The number of sulfonamides is 1. The molecule has 0 saturated carbocycles. The van der Waals surface area contributed by atoms with Crippen molar-refractivity contribution in [3.8, 4) is 0 Å². The van der Waals surface area contributed by atoms with Gasteiger partial charge in [0.2, 0.25) is 0 Å². The van der Waals surface area contributed by atoms with Crippen LogP contribution >= 0.6 is 15.9 Å². The lowest BCUT2D eigenvalue weighted by atomic mass is 10.2. The molecule has 0 aromatic heterocycles. The van der Waals surface area contributed by atoms with Gasteiger partial charge in [0.15, 0.2) is 0 Å². The van der Waals surface area contributed by atoms with Crippen LogP contribution in [-0.4, -0.2) is 15.5 Å². The predicted molar refractivity (Wildman–Crippen MR) is 85.7 cm³/mol. The Morgan fingerprint density at radius 1 is 1.00 bits per heavy atom. The summed E-state index contributed by atoms with van der Waals surface area (Å²) in [6, 6.07) is 12.2. The Labute approximate surface area is 127 Å². The standard InChI is InChI=1S/C14H15BrN2O2S/c1-10-3-8-14(13(15)9-10)20(18,19)17-12-6-4-11(16-2)5-7-12/h3-9,16-17H,1-2H3. The van der Waals surface area contributed by atoms with Crippen molar-refractivity contribution < 1.29 is 8.42 Å². The molecule has 2 aromatic carbocycles. The maximum Gasteiger partial charge on any atom is 0.263 e. The average Bonchev–Trinajstić information content (AvgIpc) is 2.38. The van der Waals surface area contributed by atoms with Gasteiger partial charge in [-0.05, 0) is 64.8 Å². The Balaban J connectivity index is 2.30. The first kappa shape index (κ1) is 14.9. The fourth-order valence-corrected chi connectivity index (χ4v) is 3.99. The molecule has 106 valence electrons. The molecule has 0 bridgehead atoms. The van der Waals surface area contributed by atoms with E-state index >= 15 is 0 Å². The third-order valence-corrected chi connectivity index (χ3v) is 5.16. The zero-order valence-corrected chi connectivity index (χ0v) is 13.5. The summed E-state index contributed by atoms with van der Waals surface area (Å²) in [4.78, 5) is 0.223. The van der Waals surface area contributed by atoms with E-state index in [0.29, 0.717) is 10.2 Å². The van der Waals surface area contributed by atoms with Gasteiger partial charge in [-0.1, -0.05) is 6.07 Å². The van der Waals surface area contributed by atoms with Crippen molar-refractivity contribution in [2.24, 2.45) is 0 Å². The number of anilines is 2. The number of rotatable bonds is 4. The van der Waals surface area contributed by atoms with Crippen LogP contribution < -0.4 is 10.0 Å². The van der Waals surface area contributed by atoms with Gasteiger partial charge in [0.05, 0.1) is 0 Å². The van der Waals surface area contributed by atoms with Crippen LogP contribution in [0.15, 0.2) is 51.8 Å². The molecule has 0 saturated heterocycles. The SMILES string of the molecule is CNc1ccc(NS(=O)(=O)c2ccc(C)cc2Br)cc1. The number of aryl methyl sites for hydroxylation is 1. The summed E-state index contributed by atoms with van der Waals surface area (Å²) in [6.45, 7) is 1.91. The fourth-order valence-electron chi connectivity index (χ4n) is 1.74. The minimum atomic E-state index is -3.60. The van der Waals surface area contributed by atoms with E-state index in [1.54, 1.807) is 30.3 Å². The molecule has 2 aromatic rings. The number of hydrogen-bond donors (Lipinski definition) is 2. The van der Waals surface area contributed by atoms with E-state index in [-0.39, 0.29) is 4.90 Å². The van der Waals surface area contributed by atoms with Crippen molar-refractivity contribution in [3.63, 3.8) is 0 Å². The smallest absolute Gasteiger partial charge is 0.263 e. The summed E-state index contributed by atoms with van der Waals surface area (Å²) in [5.74, 6) is 0. The maximum absolute atomic E-state index is 12.3. The highest BCUT2D eigenvalue weighted by Gasteiger charge is 2.17. The Morgan fingerprint density at radius 2 is 1.60 bits per heavy atom. The molecule has 0 atom stereocenters. The molecule has 0 radical (unpaired) electrons. The van der Waals surface area contributed by atoms with Gasteiger partial charge in [-0.15, -0.1) is 0 Å². The lowest BCUT2D eigenvalue weighted by molar-refractivity contribution is 0.600. The van der Waals surface area contributed by atoms with Crippen LogP contribution in [0.2, 0.25) is 0 Å². The lowest BCUT2D eigenvalue weighted by Crippen LogP contribution is -2.13. The molecular formula is C14H15BrN2O2S. The van der Waals surface area contributed by atoms with E-state index in [2.05, 4.69) is 26.0 Å². The first-order valence-corrected chi connectivity index (χ1v) is 8.27. The van der Waals surface area contributed by atoms with Gasteiger partial charge in [-0.3, -0.25) is 4.72 Å². The Bertz CT molecular complexity index is 712. The van der Waals surface area contributed by atoms with E-state index in [0.717, 1.165) is 11.3 Å². The van der Waals surface area contributed by atoms with Crippen molar-refractivity contribution >= 4 is 37.3 Å². The minimum absolute atomic E-state index is 0.223. The minimum Gasteiger partial charge on any atom is -0.388 e. The van der Waals surface area contributed by atoms with Crippen LogP contribution in [0.3, 0.4) is 0 Å². The van der Waals surface area contributed by atoms with Crippen LogP contribution in [0, 0.1) is 6.92 Å². The Morgan fingerprint density at radius 3 is 2.15 bits per heavy atom. The number of halogens is 1. The second-order valence-corrected chi connectivity index (χ2v) is 6.87. The molecule has 0 aliphatic rings. The van der Waals surface area contributed by atoms with E-state index < -0.39 is 10.0 Å². The van der Waals surface area contributed by atoms with Crippen LogP contribution in [0.1, 0.15) is 5.56 Å². The summed E-state index contributed by atoms with van der Waals surface area (Å²) in [7, 11) is -1.79. The maximum atomic E-state index is 12.3. The number of nitrogens with one attached hydrogen (secondary N) is 2. The van der Waals surface area contributed by atoms with E-state index in [9.17, 15) is 8.42 Å². The van der Waals surface area contributed by atoms with Crippen LogP contribution in [0.4, 0.5) is 11.4 Å².